The molecule has 0 aliphatic heterocycles. The largest absolute Gasteiger partial charge is 0.466 e. The second-order valence-corrected chi connectivity index (χ2v) is 5.46. The van der Waals surface area contributed by atoms with Gasteiger partial charge < -0.3 is 8.83 Å². The number of hydrogen-bond acceptors (Lipinski definition) is 5. The molecular weight excluding hydrogens is 310 g/mol. The van der Waals surface area contributed by atoms with E-state index in [0.717, 1.165) is 13.1 Å². The van der Waals surface area contributed by atoms with E-state index < -0.39 is 11.8 Å². The summed E-state index contributed by atoms with van der Waals surface area (Å²) in [6.45, 7) is 10.0. The van der Waals surface area contributed by atoms with Crippen molar-refractivity contribution in [2.75, 3.05) is 13.1 Å². The van der Waals surface area contributed by atoms with Crippen molar-refractivity contribution in [3.63, 3.8) is 0 Å². The molecule has 2 heterocycles. The average molecular weight is 333 g/mol. The molecule has 0 unspecified atom stereocenters. The molecule has 2 aromatic heterocycles. The second-order valence-electron chi connectivity index (χ2n) is 5.46. The van der Waals surface area contributed by atoms with Gasteiger partial charge in [-0.15, -0.1) is 0 Å². The fraction of sp³-hybridized carbons (Fsp3) is 0.412. The first-order valence-electron chi connectivity index (χ1n) is 7.93. The number of rotatable bonds is 6. The summed E-state index contributed by atoms with van der Waals surface area (Å²) in [6, 6.07) is 4.97. The maximum atomic E-state index is 12.1. The standard InChI is InChI=1S/C17H23N3O4/c1-5-20(6-2)10-13-7-8-15(24-13)17(22)19-18-16(21)14-9-11(3)23-12(14)4/h7-9H,5-6,10H2,1-4H3,(H,18,21)(H,19,22). The molecule has 0 aliphatic carbocycles. The van der Waals surface area contributed by atoms with Crippen molar-refractivity contribution >= 4 is 11.8 Å². The monoisotopic (exact) mass is 333 g/mol. The van der Waals surface area contributed by atoms with E-state index in [1.54, 1.807) is 32.0 Å². The van der Waals surface area contributed by atoms with Gasteiger partial charge >= 0.3 is 5.91 Å². The number of hydrogen-bond donors (Lipinski definition) is 2. The lowest BCUT2D eigenvalue weighted by Crippen LogP contribution is -2.41. The third-order valence-electron chi connectivity index (χ3n) is 3.73. The predicted molar refractivity (Wildman–Crippen MR) is 88.4 cm³/mol. The van der Waals surface area contributed by atoms with Crippen LogP contribution in [0.15, 0.2) is 27.0 Å². The predicted octanol–water partition coefficient (Wildman–Crippen LogP) is 2.41. The Kier molecular flexibility index (Phi) is 5.81. The molecule has 0 fully saturated rings. The van der Waals surface area contributed by atoms with Crippen molar-refractivity contribution in [1.29, 1.82) is 0 Å². The number of amides is 2. The second kappa shape index (κ2) is 7.83. The molecule has 130 valence electrons. The van der Waals surface area contributed by atoms with Crippen LogP contribution in [-0.2, 0) is 6.54 Å². The third kappa shape index (κ3) is 4.26. The number of nitrogens with one attached hydrogen (secondary N) is 2. The molecule has 0 radical (unpaired) electrons. The van der Waals surface area contributed by atoms with Crippen LogP contribution in [0, 0.1) is 13.8 Å². The van der Waals surface area contributed by atoms with E-state index in [1.807, 2.05) is 0 Å². The van der Waals surface area contributed by atoms with E-state index >= 15 is 0 Å². The number of carbonyl (C=O) groups excluding carboxylic acids is 2. The zero-order valence-corrected chi connectivity index (χ0v) is 14.4. The summed E-state index contributed by atoms with van der Waals surface area (Å²) in [5.41, 5.74) is 5.08. The molecule has 0 spiro atoms. The average Bonchev–Trinajstić information content (AvgIpc) is 3.16. The van der Waals surface area contributed by atoms with Gasteiger partial charge in [-0.1, -0.05) is 13.8 Å². The van der Waals surface area contributed by atoms with Crippen LogP contribution in [0.25, 0.3) is 0 Å². The van der Waals surface area contributed by atoms with Gasteiger partial charge in [0.05, 0.1) is 12.1 Å². The Labute approximate surface area is 141 Å². The first-order valence-corrected chi connectivity index (χ1v) is 7.93. The number of hydrazine groups is 1. The van der Waals surface area contributed by atoms with Crippen molar-refractivity contribution in [1.82, 2.24) is 15.8 Å². The Bertz CT molecular complexity index is 713. The molecule has 0 bridgehead atoms. The van der Waals surface area contributed by atoms with Crippen LogP contribution in [0.3, 0.4) is 0 Å². The molecule has 2 N–H and O–H groups in total. The topological polar surface area (TPSA) is 87.7 Å². The Morgan fingerprint density at radius 3 is 2.29 bits per heavy atom. The van der Waals surface area contributed by atoms with E-state index in [4.69, 9.17) is 8.83 Å². The van der Waals surface area contributed by atoms with Gasteiger partial charge in [-0.3, -0.25) is 25.3 Å². The molecule has 24 heavy (non-hydrogen) atoms. The van der Waals surface area contributed by atoms with Crippen molar-refractivity contribution in [3.8, 4) is 0 Å². The van der Waals surface area contributed by atoms with E-state index in [-0.39, 0.29) is 5.76 Å². The highest BCUT2D eigenvalue weighted by Gasteiger charge is 2.16. The molecule has 2 aromatic rings. The number of aryl methyl sites for hydroxylation is 2. The maximum Gasteiger partial charge on any atom is 0.305 e. The van der Waals surface area contributed by atoms with Gasteiger partial charge in [0, 0.05) is 0 Å². The molecule has 7 heteroatoms. The highest BCUT2D eigenvalue weighted by Crippen LogP contribution is 2.13. The van der Waals surface area contributed by atoms with E-state index in [1.165, 1.54) is 0 Å². The number of carbonyl (C=O) groups is 2. The molecule has 0 aliphatic rings. The van der Waals surface area contributed by atoms with E-state index in [0.29, 0.717) is 29.4 Å². The first-order chi connectivity index (χ1) is 11.4. The summed E-state index contributed by atoms with van der Waals surface area (Å²) in [7, 11) is 0. The molecule has 0 atom stereocenters. The highest BCUT2D eigenvalue weighted by atomic mass is 16.4. The summed E-state index contributed by atoms with van der Waals surface area (Å²) in [6.07, 6.45) is 0. The molecule has 2 amide bonds. The first kappa shape index (κ1) is 17.8. The zero-order valence-electron chi connectivity index (χ0n) is 14.4. The normalized spacial score (nSPS) is 10.9. The summed E-state index contributed by atoms with van der Waals surface area (Å²) >= 11 is 0. The lowest BCUT2D eigenvalue weighted by atomic mass is 10.2. The SMILES string of the molecule is CCN(CC)Cc1ccc(C(=O)NNC(=O)c2cc(C)oc2C)o1. The van der Waals surface area contributed by atoms with Crippen LogP contribution in [0.5, 0.6) is 0 Å². The van der Waals surface area contributed by atoms with Crippen LogP contribution in [0.4, 0.5) is 0 Å². The fourth-order valence-electron chi connectivity index (χ4n) is 2.35. The van der Waals surface area contributed by atoms with Crippen LogP contribution in [0.2, 0.25) is 0 Å². The zero-order chi connectivity index (χ0) is 17.7. The smallest absolute Gasteiger partial charge is 0.305 e. The van der Waals surface area contributed by atoms with Gasteiger partial charge in [0.25, 0.3) is 5.91 Å². The molecule has 0 aromatic carbocycles. The Hall–Kier alpha value is -2.54. The van der Waals surface area contributed by atoms with Crippen molar-refractivity contribution in [3.05, 3.63) is 46.8 Å². The lowest BCUT2D eigenvalue weighted by Gasteiger charge is -2.15. The Balaban J connectivity index is 1.92. The maximum absolute atomic E-state index is 12.1. The Morgan fingerprint density at radius 1 is 1.04 bits per heavy atom. The summed E-state index contributed by atoms with van der Waals surface area (Å²) in [5.74, 6) is 1.04. The van der Waals surface area contributed by atoms with Gasteiger partial charge in [-0.05, 0) is 45.1 Å². The minimum absolute atomic E-state index is 0.151. The Morgan fingerprint density at radius 2 is 1.71 bits per heavy atom. The lowest BCUT2D eigenvalue weighted by molar-refractivity contribution is 0.0828. The summed E-state index contributed by atoms with van der Waals surface area (Å²) in [4.78, 5) is 26.2. The molecular formula is C17H23N3O4. The van der Waals surface area contributed by atoms with Crippen LogP contribution in [0.1, 0.15) is 52.0 Å². The third-order valence-corrected chi connectivity index (χ3v) is 3.73. The minimum atomic E-state index is -0.507. The number of furan rings is 2. The fourth-order valence-corrected chi connectivity index (χ4v) is 2.35. The van der Waals surface area contributed by atoms with Gasteiger partial charge in [0.1, 0.15) is 17.3 Å². The molecule has 7 nitrogen and oxygen atoms in total. The molecule has 2 rings (SSSR count). The van der Waals surface area contributed by atoms with E-state index in [9.17, 15) is 9.59 Å². The van der Waals surface area contributed by atoms with Crippen LogP contribution >= 0.6 is 0 Å². The quantitative estimate of drug-likeness (QED) is 0.793. The molecule has 0 saturated heterocycles. The molecule has 0 saturated carbocycles. The van der Waals surface area contributed by atoms with Crippen LogP contribution in [-0.4, -0.2) is 29.8 Å². The summed E-state index contributed by atoms with van der Waals surface area (Å²) < 4.78 is 10.8. The van der Waals surface area contributed by atoms with Crippen molar-refractivity contribution in [2.24, 2.45) is 0 Å². The van der Waals surface area contributed by atoms with Gasteiger partial charge in [-0.2, -0.15) is 0 Å². The minimum Gasteiger partial charge on any atom is -0.466 e. The van der Waals surface area contributed by atoms with Crippen LogP contribution < -0.4 is 10.9 Å². The van der Waals surface area contributed by atoms with Crippen molar-refractivity contribution in [2.45, 2.75) is 34.2 Å². The van der Waals surface area contributed by atoms with Crippen molar-refractivity contribution < 1.29 is 18.4 Å². The van der Waals surface area contributed by atoms with Gasteiger partial charge in [0.15, 0.2) is 5.76 Å². The van der Waals surface area contributed by atoms with Gasteiger partial charge in [-0.25, -0.2) is 0 Å². The highest BCUT2D eigenvalue weighted by molar-refractivity contribution is 5.98. The number of nitrogens with zero attached hydrogens (tertiary/aromatic N) is 1. The van der Waals surface area contributed by atoms with Gasteiger partial charge in [0.2, 0.25) is 0 Å². The summed E-state index contributed by atoms with van der Waals surface area (Å²) in [5, 5.41) is 0. The van der Waals surface area contributed by atoms with E-state index in [2.05, 4.69) is 29.6 Å².